The van der Waals surface area contributed by atoms with Crippen molar-refractivity contribution in [1.29, 1.82) is 0 Å². The van der Waals surface area contributed by atoms with Gasteiger partial charge >= 0.3 is 0 Å². The number of oxazole rings is 1. The van der Waals surface area contributed by atoms with Gasteiger partial charge in [-0.2, -0.15) is 0 Å². The highest BCUT2D eigenvalue weighted by Gasteiger charge is 2.22. The number of fused-ring (bicyclic) bond motifs is 3. The van der Waals surface area contributed by atoms with E-state index in [0.29, 0.717) is 12.4 Å². The SMILES string of the molecule is CC(C)(C)c1cnc(CNc2ncnc3sc4c(c23)CCC4)o1. The Morgan fingerprint density at radius 2 is 2.09 bits per heavy atom. The summed E-state index contributed by atoms with van der Waals surface area (Å²) in [5.41, 5.74) is 1.40. The molecule has 1 aliphatic rings. The lowest BCUT2D eigenvalue weighted by molar-refractivity contribution is 0.385. The quantitative estimate of drug-likeness (QED) is 0.785. The number of anilines is 1. The molecule has 0 saturated heterocycles. The molecule has 0 aromatic carbocycles. The van der Waals surface area contributed by atoms with Gasteiger partial charge in [-0.1, -0.05) is 20.8 Å². The minimum atomic E-state index is -0.0262. The summed E-state index contributed by atoms with van der Waals surface area (Å²) in [7, 11) is 0. The molecular weight excluding hydrogens is 308 g/mol. The molecule has 0 atom stereocenters. The van der Waals surface area contributed by atoms with Crippen LogP contribution in [-0.4, -0.2) is 15.0 Å². The molecule has 1 N–H and O–H groups in total. The predicted octanol–water partition coefficient (Wildman–Crippen LogP) is 4.08. The summed E-state index contributed by atoms with van der Waals surface area (Å²) in [5.74, 6) is 2.48. The van der Waals surface area contributed by atoms with Crippen LogP contribution in [-0.2, 0) is 24.8 Å². The van der Waals surface area contributed by atoms with Crippen LogP contribution in [0.5, 0.6) is 0 Å². The number of hydrogen-bond donors (Lipinski definition) is 1. The van der Waals surface area contributed by atoms with E-state index in [0.717, 1.165) is 22.8 Å². The molecule has 23 heavy (non-hydrogen) atoms. The Morgan fingerprint density at radius 1 is 1.22 bits per heavy atom. The fourth-order valence-corrected chi connectivity index (χ4v) is 4.19. The van der Waals surface area contributed by atoms with Crippen molar-refractivity contribution in [2.45, 2.75) is 52.0 Å². The van der Waals surface area contributed by atoms with E-state index in [9.17, 15) is 0 Å². The molecule has 3 aromatic heterocycles. The maximum absolute atomic E-state index is 5.84. The number of aromatic nitrogens is 3. The van der Waals surface area contributed by atoms with Crippen LogP contribution in [0.1, 0.15) is 49.3 Å². The van der Waals surface area contributed by atoms with E-state index in [-0.39, 0.29) is 5.41 Å². The first-order valence-electron chi connectivity index (χ1n) is 7.96. The Balaban J connectivity index is 1.60. The molecule has 0 aliphatic heterocycles. The molecule has 6 heteroatoms. The van der Waals surface area contributed by atoms with Crippen LogP contribution in [0.3, 0.4) is 0 Å². The Morgan fingerprint density at radius 3 is 2.87 bits per heavy atom. The van der Waals surface area contributed by atoms with Gasteiger partial charge in [0.05, 0.1) is 18.1 Å². The maximum Gasteiger partial charge on any atom is 0.213 e. The average molecular weight is 328 g/mol. The third-order valence-corrected chi connectivity index (χ3v) is 5.40. The van der Waals surface area contributed by atoms with Gasteiger partial charge in [0.1, 0.15) is 22.7 Å². The van der Waals surface area contributed by atoms with Gasteiger partial charge in [-0.05, 0) is 24.8 Å². The van der Waals surface area contributed by atoms with E-state index in [4.69, 9.17) is 4.42 Å². The molecule has 4 rings (SSSR count). The van der Waals surface area contributed by atoms with E-state index in [1.165, 1.54) is 28.7 Å². The van der Waals surface area contributed by atoms with Gasteiger partial charge in [0.15, 0.2) is 0 Å². The topological polar surface area (TPSA) is 63.8 Å². The van der Waals surface area contributed by atoms with Gasteiger partial charge in [0.2, 0.25) is 5.89 Å². The van der Waals surface area contributed by atoms with Crippen LogP contribution in [0.2, 0.25) is 0 Å². The highest BCUT2D eigenvalue weighted by molar-refractivity contribution is 7.19. The van der Waals surface area contributed by atoms with Gasteiger partial charge in [-0.3, -0.25) is 0 Å². The Hall–Kier alpha value is -1.95. The van der Waals surface area contributed by atoms with Crippen LogP contribution < -0.4 is 5.32 Å². The Bertz CT molecular complexity index is 859. The van der Waals surface area contributed by atoms with Crippen LogP contribution in [0.25, 0.3) is 10.2 Å². The van der Waals surface area contributed by atoms with Crippen LogP contribution in [0.15, 0.2) is 16.9 Å². The maximum atomic E-state index is 5.84. The van der Waals surface area contributed by atoms with Crippen LogP contribution in [0, 0.1) is 0 Å². The molecule has 0 bridgehead atoms. The third-order valence-electron chi connectivity index (χ3n) is 4.20. The summed E-state index contributed by atoms with van der Waals surface area (Å²) >= 11 is 1.80. The summed E-state index contributed by atoms with van der Waals surface area (Å²) in [4.78, 5) is 15.8. The van der Waals surface area contributed by atoms with Crippen LogP contribution in [0.4, 0.5) is 5.82 Å². The molecule has 3 aromatic rings. The standard InChI is InChI=1S/C17H20N4OS/c1-17(2,3)12-7-18-13(22-12)8-19-15-14-10-5-4-6-11(10)23-16(14)21-9-20-15/h7,9H,4-6,8H2,1-3H3,(H,19,20,21). The summed E-state index contributed by atoms with van der Waals surface area (Å²) in [6.45, 7) is 6.89. The second-order valence-electron chi connectivity index (χ2n) is 6.98. The Kier molecular flexibility index (Phi) is 3.37. The van der Waals surface area contributed by atoms with Crippen molar-refractivity contribution >= 4 is 27.4 Å². The Labute approximate surface area is 139 Å². The van der Waals surface area contributed by atoms with Crippen molar-refractivity contribution in [3.63, 3.8) is 0 Å². The minimum absolute atomic E-state index is 0.0262. The van der Waals surface area contributed by atoms with E-state index < -0.39 is 0 Å². The van der Waals surface area contributed by atoms with Crippen molar-refractivity contribution in [3.05, 3.63) is 34.6 Å². The zero-order valence-electron chi connectivity index (χ0n) is 13.6. The molecule has 3 heterocycles. The second-order valence-corrected chi connectivity index (χ2v) is 8.07. The number of nitrogens with zero attached hydrogens (tertiary/aromatic N) is 3. The van der Waals surface area contributed by atoms with Crippen molar-refractivity contribution in [3.8, 4) is 0 Å². The van der Waals surface area contributed by atoms with E-state index >= 15 is 0 Å². The normalized spacial score (nSPS) is 14.4. The summed E-state index contributed by atoms with van der Waals surface area (Å²) in [5, 5.41) is 4.57. The number of hydrogen-bond acceptors (Lipinski definition) is 6. The number of aryl methyl sites for hydroxylation is 2. The molecule has 0 radical (unpaired) electrons. The molecular formula is C17H20N4OS. The second kappa shape index (κ2) is 5.30. The molecule has 5 nitrogen and oxygen atoms in total. The lowest BCUT2D eigenvalue weighted by Gasteiger charge is -2.13. The third kappa shape index (κ3) is 2.61. The molecule has 120 valence electrons. The highest BCUT2D eigenvalue weighted by Crippen LogP contribution is 2.39. The van der Waals surface area contributed by atoms with Gasteiger partial charge in [0.25, 0.3) is 0 Å². The van der Waals surface area contributed by atoms with Crippen LogP contribution >= 0.6 is 11.3 Å². The van der Waals surface area contributed by atoms with Crippen molar-refractivity contribution < 1.29 is 4.42 Å². The lowest BCUT2D eigenvalue weighted by Crippen LogP contribution is -2.09. The molecule has 0 saturated carbocycles. The fourth-order valence-electron chi connectivity index (χ4n) is 2.96. The predicted molar refractivity (Wildman–Crippen MR) is 92.0 cm³/mol. The zero-order valence-corrected chi connectivity index (χ0v) is 14.5. The first kappa shape index (κ1) is 14.6. The van der Waals surface area contributed by atoms with Gasteiger partial charge in [0, 0.05) is 10.3 Å². The van der Waals surface area contributed by atoms with Gasteiger partial charge < -0.3 is 9.73 Å². The fraction of sp³-hybridized carbons (Fsp3) is 0.471. The minimum Gasteiger partial charge on any atom is -0.443 e. The first-order valence-corrected chi connectivity index (χ1v) is 8.78. The van der Waals surface area contributed by atoms with Crippen molar-refractivity contribution in [2.24, 2.45) is 0 Å². The summed E-state index contributed by atoms with van der Waals surface area (Å²) in [6.07, 6.45) is 6.98. The average Bonchev–Trinajstić information content (AvgIpc) is 3.19. The van der Waals surface area contributed by atoms with Gasteiger partial charge in [-0.15, -0.1) is 11.3 Å². The number of nitrogens with one attached hydrogen (secondary N) is 1. The summed E-state index contributed by atoms with van der Waals surface area (Å²) in [6, 6.07) is 0. The molecule has 0 fully saturated rings. The van der Waals surface area contributed by atoms with Gasteiger partial charge in [-0.25, -0.2) is 15.0 Å². The van der Waals surface area contributed by atoms with E-state index in [1.807, 2.05) is 6.20 Å². The largest absolute Gasteiger partial charge is 0.443 e. The van der Waals surface area contributed by atoms with E-state index in [1.54, 1.807) is 17.7 Å². The van der Waals surface area contributed by atoms with Crippen molar-refractivity contribution in [1.82, 2.24) is 15.0 Å². The van der Waals surface area contributed by atoms with E-state index in [2.05, 4.69) is 41.0 Å². The molecule has 0 amide bonds. The molecule has 1 aliphatic carbocycles. The molecule has 0 spiro atoms. The number of thiophene rings is 1. The highest BCUT2D eigenvalue weighted by atomic mass is 32.1. The summed E-state index contributed by atoms with van der Waals surface area (Å²) < 4.78 is 5.84. The lowest BCUT2D eigenvalue weighted by atomic mass is 9.94. The molecule has 0 unspecified atom stereocenters. The van der Waals surface area contributed by atoms with Crippen molar-refractivity contribution in [2.75, 3.05) is 5.32 Å². The number of rotatable bonds is 3. The zero-order chi connectivity index (χ0) is 16.0. The monoisotopic (exact) mass is 328 g/mol. The first-order chi connectivity index (χ1) is 11.0. The smallest absolute Gasteiger partial charge is 0.213 e.